The first-order valence-electron chi connectivity index (χ1n) is 13.0. The third-order valence-corrected chi connectivity index (χ3v) is 8.91. The summed E-state index contributed by atoms with van der Waals surface area (Å²) in [5.74, 6) is -9.83. The molecule has 6 N–H and O–H groups in total. The number of hydrogen-bond acceptors (Lipinski definition) is 10. The van der Waals surface area contributed by atoms with Crippen molar-refractivity contribution in [2.24, 2.45) is 23.5 Å². The number of primary amides is 1. The molecule has 1 fully saturated rings. The van der Waals surface area contributed by atoms with Crippen molar-refractivity contribution in [3.05, 3.63) is 52.0 Å². The van der Waals surface area contributed by atoms with Crippen LogP contribution >= 0.6 is 0 Å². The highest BCUT2D eigenvalue weighted by molar-refractivity contribution is 6.25. The fraction of sp³-hybridized carbons (Fsp3) is 0.500. The van der Waals surface area contributed by atoms with Crippen molar-refractivity contribution in [1.82, 2.24) is 4.90 Å². The summed E-state index contributed by atoms with van der Waals surface area (Å²) in [7, 11) is 3.04. The number of nitrogens with zero attached hydrogens (tertiary/aromatic N) is 1. The van der Waals surface area contributed by atoms with E-state index < -0.39 is 87.5 Å². The maximum absolute atomic E-state index is 13.8. The molecule has 11 nitrogen and oxygen atoms in total. The third-order valence-electron chi connectivity index (χ3n) is 8.91. The van der Waals surface area contributed by atoms with Gasteiger partial charge in [0.15, 0.2) is 11.4 Å². The number of aliphatic hydroxyl groups excluding tert-OH is 2. The summed E-state index contributed by atoms with van der Waals surface area (Å²) in [4.78, 5) is 54.6. The Morgan fingerprint density at radius 3 is 2.33 bits per heavy atom. The van der Waals surface area contributed by atoms with Crippen LogP contribution in [-0.4, -0.2) is 80.6 Å². The van der Waals surface area contributed by atoms with E-state index in [0.29, 0.717) is 18.4 Å². The molecule has 0 radical (unpaired) electrons. The smallest absolute Gasteiger partial charge is 0.309 e. The minimum Gasteiger partial charge on any atom is -0.510 e. The Morgan fingerprint density at radius 1 is 1.10 bits per heavy atom. The molecule has 4 aliphatic rings. The number of Topliss-reactive ketones (excluding diaryl/α,β-unsaturated/α-hetero) is 2. The molecule has 0 aromatic heterocycles. The zero-order valence-corrected chi connectivity index (χ0v) is 21.9. The van der Waals surface area contributed by atoms with Crippen molar-refractivity contribution in [2.75, 3.05) is 14.1 Å². The van der Waals surface area contributed by atoms with Crippen LogP contribution in [0, 0.1) is 17.8 Å². The van der Waals surface area contributed by atoms with Crippen LogP contribution < -0.4 is 5.73 Å². The van der Waals surface area contributed by atoms with Crippen molar-refractivity contribution in [1.29, 1.82) is 0 Å². The molecule has 5 rings (SSSR count). The molecule has 0 aliphatic heterocycles. The summed E-state index contributed by atoms with van der Waals surface area (Å²) in [5.41, 5.74) is 1.50. The zero-order valence-electron chi connectivity index (χ0n) is 21.9. The van der Waals surface area contributed by atoms with Gasteiger partial charge in [0, 0.05) is 11.5 Å². The van der Waals surface area contributed by atoms with Gasteiger partial charge < -0.3 is 30.9 Å². The van der Waals surface area contributed by atoms with E-state index in [1.807, 2.05) is 0 Å². The SMILES string of the molecule is C[C@@H]1c2cccc(O)c2C(=O)C2=C(O)[C@@]3(O)C(=O)C(C(N)=O)=C(O)[C@H](N(C)C)[C@H]3[C@H](OC(=O)C3CCCC3)[C@H]21. The van der Waals surface area contributed by atoms with E-state index in [0.717, 1.165) is 12.8 Å². The van der Waals surface area contributed by atoms with Gasteiger partial charge in [-0.25, -0.2) is 0 Å². The van der Waals surface area contributed by atoms with Crippen molar-refractivity contribution < 1.29 is 44.3 Å². The largest absolute Gasteiger partial charge is 0.510 e. The maximum atomic E-state index is 13.8. The van der Waals surface area contributed by atoms with E-state index in [1.165, 1.54) is 25.1 Å². The average molecular weight is 541 g/mol. The van der Waals surface area contributed by atoms with Crippen molar-refractivity contribution in [2.45, 2.75) is 56.3 Å². The van der Waals surface area contributed by atoms with Crippen molar-refractivity contribution in [3.8, 4) is 5.75 Å². The molecule has 1 saturated carbocycles. The quantitative estimate of drug-likeness (QED) is 0.276. The molecule has 4 aliphatic carbocycles. The van der Waals surface area contributed by atoms with Gasteiger partial charge in [0.2, 0.25) is 5.78 Å². The van der Waals surface area contributed by atoms with Gasteiger partial charge in [0.05, 0.1) is 23.4 Å². The van der Waals surface area contributed by atoms with Crippen LogP contribution in [0.2, 0.25) is 0 Å². The predicted molar refractivity (Wildman–Crippen MR) is 136 cm³/mol. The Balaban J connectivity index is 1.80. The number of hydrogen-bond donors (Lipinski definition) is 5. The Hall–Kier alpha value is -3.70. The second-order valence-electron chi connectivity index (χ2n) is 11.2. The number of aromatic hydroxyl groups is 1. The van der Waals surface area contributed by atoms with Crippen LogP contribution in [-0.2, 0) is 19.1 Å². The second-order valence-corrected chi connectivity index (χ2v) is 11.2. The Kier molecular flexibility index (Phi) is 6.34. The van der Waals surface area contributed by atoms with Gasteiger partial charge in [-0.05, 0) is 44.5 Å². The van der Waals surface area contributed by atoms with Crippen LogP contribution in [0.5, 0.6) is 5.75 Å². The Bertz CT molecular complexity index is 1360. The monoisotopic (exact) mass is 540 g/mol. The van der Waals surface area contributed by atoms with Crippen LogP contribution in [0.15, 0.2) is 40.9 Å². The van der Waals surface area contributed by atoms with Gasteiger partial charge in [0.25, 0.3) is 5.91 Å². The molecule has 0 spiro atoms. The van der Waals surface area contributed by atoms with Gasteiger partial charge in [-0.1, -0.05) is 31.9 Å². The van der Waals surface area contributed by atoms with Gasteiger partial charge in [-0.15, -0.1) is 0 Å². The number of ketones is 2. The molecule has 39 heavy (non-hydrogen) atoms. The Morgan fingerprint density at radius 2 is 1.74 bits per heavy atom. The van der Waals surface area contributed by atoms with Crippen molar-refractivity contribution in [3.63, 3.8) is 0 Å². The lowest BCUT2D eigenvalue weighted by Gasteiger charge is -2.54. The van der Waals surface area contributed by atoms with Crippen LogP contribution in [0.25, 0.3) is 0 Å². The molecule has 1 amide bonds. The highest BCUT2D eigenvalue weighted by Gasteiger charge is 2.68. The average Bonchev–Trinajstić information content (AvgIpc) is 3.41. The fourth-order valence-electron chi connectivity index (χ4n) is 7.09. The Labute approximate surface area is 224 Å². The lowest BCUT2D eigenvalue weighted by molar-refractivity contribution is -0.183. The van der Waals surface area contributed by atoms with E-state index in [9.17, 15) is 39.6 Å². The minimum atomic E-state index is -2.94. The molecule has 11 heteroatoms. The number of phenols is 1. The van der Waals surface area contributed by atoms with Crippen LogP contribution in [0.1, 0.15) is 54.4 Å². The summed E-state index contributed by atoms with van der Waals surface area (Å²) < 4.78 is 6.08. The number of amides is 1. The second kappa shape index (κ2) is 9.20. The van der Waals surface area contributed by atoms with Crippen LogP contribution in [0.4, 0.5) is 0 Å². The van der Waals surface area contributed by atoms with E-state index in [-0.39, 0.29) is 11.3 Å². The number of carbonyl (C=O) groups excluding carboxylic acids is 4. The van der Waals surface area contributed by atoms with Crippen molar-refractivity contribution >= 4 is 23.4 Å². The molecule has 0 saturated heterocycles. The predicted octanol–water partition coefficient (Wildman–Crippen LogP) is 1.39. The summed E-state index contributed by atoms with van der Waals surface area (Å²) in [6, 6.07) is 3.21. The summed E-state index contributed by atoms with van der Waals surface area (Å²) in [6.45, 7) is 1.73. The number of aliphatic hydroxyl groups is 3. The highest BCUT2D eigenvalue weighted by atomic mass is 16.5. The number of benzene rings is 1. The lowest BCUT2D eigenvalue weighted by atomic mass is 9.55. The molecule has 0 bridgehead atoms. The van der Waals surface area contributed by atoms with E-state index in [2.05, 4.69) is 0 Å². The number of likely N-dealkylation sites (N-methyl/N-ethyl adjacent to an activating group) is 1. The number of phenolic OH excluding ortho intramolecular Hbond substituents is 1. The number of rotatable bonds is 4. The maximum Gasteiger partial charge on any atom is 0.309 e. The molecule has 1 aromatic rings. The normalized spacial score (nSPS) is 32.7. The summed E-state index contributed by atoms with van der Waals surface area (Å²) in [6.07, 6.45) is 1.48. The third kappa shape index (κ3) is 3.63. The van der Waals surface area contributed by atoms with Gasteiger partial charge in [-0.2, -0.15) is 0 Å². The number of esters is 1. The summed E-state index contributed by atoms with van der Waals surface area (Å²) >= 11 is 0. The van der Waals surface area contributed by atoms with Crippen LogP contribution in [0.3, 0.4) is 0 Å². The van der Waals surface area contributed by atoms with Gasteiger partial charge in [0.1, 0.15) is 28.9 Å². The number of ether oxygens (including phenoxy) is 1. The van der Waals surface area contributed by atoms with E-state index >= 15 is 0 Å². The first kappa shape index (κ1) is 26.9. The lowest BCUT2D eigenvalue weighted by Crippen LogP contribution is -2.69. The topological polar surface area (TPSA) is 188 Å². The number of nitrogens with two attached hydrogens (primary N) is 1. The van der Waals surface area contributed by atoms with E-state index in [4.69, 9.17) is 10.5 Å². The van der Waals surface area contributed by atoms with Gasteiger partial charge >= 0.3 is 5.97 Å². The van der Waals surface area contributed by atoms with Gasteiger partial charge in [-0.3, -0.25) is 24.1 Å². The standard InChI is InChI=1S/C28H32N2O9/c1-11-13-9-6-10-14(31)16(13)21(32)17-15(11)23(39-27(37)12-7-4-5-8-12)19-20(30(2)3)22(33)18(26(29)36)25(35)28(19,38)24(17)34/h6,9-12,15,19-20,23,31,33-34,38H,4-5,7-8H2,1-3H3,(H2,29,36)/t11-,15+,19+,20-,23-,28-/m1/s1. The van der Waals surface area contributed by atoms with E-state index in [1.54, 1.807) is 19.1 Å². The zero-order chi connectivity index (χ0) is 28.5. The summed E-state index contributed by atoms with van der Waals surface area (Å²) in [5, 5.41) is 45.3. The molecule has 0 unspecified atom stereocenters. The molecule has 1 aromatic carbocycles. The number of fused-ring (bicyclic) bond motifs is 3. The highest BCUT2D eigenvalue weighted by Crippen LogP contribution is 2.56. The number of carbonyl (C=O) groups is 4. The molecule has 0 heterocycles. The fourth-order valence-corrected chi connectivity index (χ4v) is 7.09. The first-order chi connectivity index (χ1) is 18.3. The minimum absolute atomic E-state index is 0.105. The molecular weight excluding hydrogens is 508 g/mol. The first-order valence-corrected chi connectivity index (χ1v) is 13.0. The molecule has 208 valence electrons. The molecule has 6 atom stereocenters. The molecular formula is C28H32N2O9.